The molecule has 1 atom stereocenters. The van der Waals surface area contributed by atoms with E-state index in [1.54, 1.807) is 56.4 Å². The first-order valence-electron chi connectivity index (χ1n) is 8.37. The van der Waals surface area contributed by atoms with Gasteiger partial charge in [-0.2, -0.15) is 0 Å². The van der Waals surface area contributed by atoms with E-state index >= 15 is 0 Å². The van der Waals surface area contributed by atoms with E-state index in [0.29, 0.717) is 5.56 Å². The van der Waals surface area contributed by atoms with Crippen LogP contribution in [-0.4, -0.2) is 37.9 Å². The average molecular weight is 352 g/mol. The van der Waals surface area contributed by atoms with Gasteiger partial charge in [-0.05, 0) is 48.4 Å². The molecule has 0 heterocycles. The van der Waals surface area contributed by atoms with Crippen molar-refractivity contribution in [3.05, 3.63) is 71.3 Å². The number of likely N-dealkylation sites (N-methyl/N-ethyl adjacent to an activating group) is 1. The maximum absolute atomic E-state index is 12.4. The summed E-state index contributed by atoms with van der Waals surface area (Å²) in [5, 5.41) is 2.58. The first kappa shape index (κ1) is 19.2. The first-order chi connectivity index (χ1) is 12.5. The van der Waals surface area contributed by atoms with Crippen molar-refractivity contribution in [1.82, 2.24) is 10.2 Å². The van der Waals surface area contributed by atoms with E-state index in [4.69, 9.17) is 4.74 Å². The van der Waals surface area contributed by atoms with E-state index in [1.807, 2.05) is 31.2 Å². The van der Waals surface area contributed by atoms with E-state index in [-0.39, 0.29) is 17.9 Å². The second-order valence-electron chi connectivity index (χ2n) is 5.93. The summed E-state index contributed by atoms with van der Waals surface area (Å²) in [6, 6.07) is 14.7. The van der Waals surface area contributed by atoms with Crippen molar-refractivity contribution >= 4 is 17.9 Å². The molecule has 0 aliphatic heterocycles. The molecule has 0 fully saturated rings. The van der Waals surface area contributed by atoms with Crippen molar-refractivity contribution in [2.45, 2.75) is 13.0 Å². The molecule has 0 bridgehead atoms. The van der Waals surface area contributed by atoms with Gasteiger partial charge >= 0.3 is 0 Å². The fourth-order valence-electron chi connectivity index (χ4n) is 2.47. The van der Waals surface area contributed by atoms with Gasteiger partial charge in [-0.25, -0.2) is 0 Å². The number of nitrogens with zero attached hydrogens (tertiary/aromatic N) is 1. The average Bonchev–Trinajstić information content (AvgIpc) is 2.70. The highest BCUT2D eigenvalue weighted by Crippen LogP contribution is 2.22. The summed E-state index contributed by atoms with van der Waals surface area (Å²) in [6.07, 6.45) is 3.28. The lowest BCUT2D eigenvalue weighted by Gasteiger charge is -2.24. The topological polar surface area (TPSA) is 58.6 Å². The summed E-state index contributed by atoms with van der Waals surface area (Å²) in [7, 11) is 4.99. The third-order valence-electron chi connectivity index (χ3n) is 4.35. The Morgan fingerprint density at radius 3 is 2.23 bits per heavy atom. The molecule has 1 unspecified atom stereocenters. The maximum atomic E-state index is 12.4. The Bertz CT molecular complexity index is 780. The standard InChI is InChI=1S/C21H24N2O3/c1-15(17-10-12-19(26-4)13-11-17)23(3)20(24)14-7-16-5-8-18(9-6-16)21(25)22-2/h5-15H,1-4H3,(H,22,25)/b14-7+. The Morgan fingerprint density at radius 1 is 1.08 bits per heavy atom. The molecular formula is C21H24N2O3. The maximum Gasteiger partial charge on any atom is 0.251 e. The van der Waals surface area contributed by atoms with Crippen LogP contribution < -0.4 is 10.1 Å². The molecular weight excluding hydrogens is 328 g/mol. The van der Waals surface area contributed by atoms with E-state index in [1.165, 1.54) is 6.08 Å². The van der Waals surface area contributed by atoms with Crippen LogP contribution in [0, 0.1) is 0 Å². The van der Waals surface area contributed by atoms with Crippen molar-refractivity contribution in [3.63, 3.8) is 0 Å². The molecule has 5 nitrogen and oxygen atoms in total. The molecule has 0 aromatic heterocycles. The number of carbonyl (C=O) groups excluding carboxylic acids is 2. The fraction of sp³-hybridized carbons (Fsp3) is 0.238. The molecule has 0 saturated carbocycles. The summed E-state index contributed by atoms with van der Waals surface area (Å²) in [6.45, 7) is 1.98. The van der Waals surface area contributed by atoms with Crippen LogP contribution in [0.5, 0.6) is 5.75 Å². The lowest BCUT2D eigenvalue weighted by molar-refractivity contribution is -0.126. The van der Waals surface area contributed by atoms with Gasteiger partial charge in [0.15, 0.2) is 0 Å². The predicted octanol–water partition coefficient (Wildman–Crippen LogP) is 3.29. The lowest BCUT2D eigenvalue weighted by Crippen LogP contribution is -2.27. The SMILES string of the molecule is CNC(=O)c1ccc(/C=C/C(=O)N(C)C(C)c2ccc(OC)cc2)cc1. The highest BCUT2D eigenvalue weighted by atomic mass is 16.5. The Labute approximate surface area is 154 Å². The number of carbonyl (C=O) groups is 2. The molecule has 0 radical (unpaired) electrons. The molecule has 2 aromatic rings. The van der Waals surface area contributed by atoms with Crippen molar-refractivity contribution in [1.29, 1.82) is 0 Å². The zero-order valence-corrected chi connectivity index (χ0v) is 15.5. The van der Waals surface area contributed by atoms with Gasteiger partial charge in [0.05, 0.1) is 13.2 Å². The van der Waals surface area contributed by atoms with Gasteiger partial charge in [-0.3, -0.25) is 9.59 Å². The monoisotopic (exact) mass is 352 g/mol. The largest absolute Gasteiger partial charge is 0.497 e. The summed E-state index contributed by atoms with van der Waals surface area (Å²) in [4.78, 5) is 25.6. The van der Waals surface area contributed by atoms with Gasteiger partial charge in [0.1, 0.15) is 5.75 Å². The molecule has 1 N–H and O–H groups in total. The molecule has 0 aliphatic carbocycles. The van der Waals surface area contributed by atoms with Gasteiger partial charge < -0.3 is 15.0 Å². The normalized spacial score (nSPS) is 11.8. The van der Waals surface area contributed by atoms with E-state index in [9.17, 15) is 9.59 Å². The highest BCUT2D eigenvalue weighted by molar-refractivity contribution is 5.94. The van der Waals surface area contributed by atoms with Gasteiger partial charge in [-0.15, -0.1) is 0 Å². The first-order valence-corrected chi connectivity index (χ1v) is 8.37. The Hall–Kier alpha value is -3.08. The third-order valence-corrected chi connectivity index (χ3v) is 4.35. The van der Waals surface area contributed by atoms with Crippen LogP contribution in [0.25, 0.3) is 6.08 Å². The minimum atomic E-state index is -0.135. The van der Waals surface area contributed by atoms with Crippen LogP contribution in [0.15, 0.2) is 54.6 Å². The Morgan fingerprint density at radius 2 is 1.69 bits per heavy atom. The van der Waals surface area contributed by atoms with Crippen LogP contribution in [0.3, 0.4) is 0 Å². The molecule has 2 rings (SSSR count). The van der Waals surface area contributed by atoms with Gasteiger partial charge in [0.2, 0.25) is 5.91 Å². The second-order valence-corrected chi connectivity index (χ2v) is 5.93. The summed E-state index contributed by atoms with van der Waals surface area (Å²) in [5.74, 6) is 0.559. The zero-order chi connectivity index (χ0) is 19.1. The molecule has 2 amide bonds. The molecule has 0 spiro atoms. The van der Waals surface area contributed by atoms with Crippen molar-refractivity contribution in [3.8, 4) is 5.75 Å². The number of hydrogen-bond donors (Lipinski definition) is 1. The molecule has 5 heteroatoms. The van der Waals surface area contributed by atoms with E-state index in [2.05, 4.69) is 5.32 Å². The molecule has 136 valence electrons. The van der Waals surface area contributed by atoms with Crippen LogP contribution in [-0.2, 0) is 4.79 Å². The summed E-state index contributed by atoms with van der Waals surface area (Å²) >= 11 is 0. The van der Waals surface area contributed by atoms with Crippen molar-refractivity contribution in [2.75, 3.05) is 21.2 Å². The van der Waals surface area contributed by atoms with Crippen LogP contribution in [0.1, 0.15) is 34.5 Å². The molecule has 26 heavy (non-hydrogen) atoms. The van der Waals surface area contributed by atoms with E-state index < -0.39 is 0 Å². The molecule has 0 aliphatic rings. The number of amides is 2. The minimum absolute atomic E-state index is 0.0614. The number of ether oxygens (including phenoxy) is 1. The summed E-state index contributed by atoms with van der Waals surface area (Å²) in [5.41, 5.74) is 2.47. The van der Waals surface area contributed by atoms with Gasteiger partial charge in [0, 0.05) is 25.7 Å². The predicted molar refractivity (Wildman–Crippen MR) is 103 cm³/mol. The number of methoxy groups -OCH3 is 1. The molecule has 2 aromatic carbocycles. The fourth-order valence-corrected chi connectivity index (χ4v) is 2.47. The quantitative estimate of drug-likeness (QED) is 0.812. The Kier molecular flexibility index (Phi) is 6.55. The minimum Gasteiger partial charge on any atom is -0.497 e. The van der Waals surface area contributed by atoms with Crippen LogP contribution >= 0.6 is 0 Å². The van der Waals surface area contributed by atoms with Crippen molar-refractivity contribution < 1.29 is 14.3 Å². The van der Waals surface area contributed by atoms with Crippen LogP contribution in [0.4, 0.5) is 0 Å². The zero-order valence-electron chi connectivity index (χ0n) is 15.5. The van der Waals surface area contributed by atoms with Crippen molar-refractivity contribution in [2.24, 2.45) is 0 Å². The number of rotatable bonds is 6. The van der Waals surface area contributed by atoms with Gasteiger partial charge in [-0.1, -0.05) is 24.3 Å². The Balaban J connectivity index is 2.02. The smallest absolute Gasteiger partial charge is 0.251 e. The highest BCUT2D eigenvalue weighted by Gasteiger charge is 2.15. The number of benzene rings is 2. The van der Waals surface area contributed by atoms with E-state index in [0.717, 1.165) is 16.9 Å². The van der Waals surface area contributed by atoms with Crippen LogP contribution in [0.2, 0.25) is 0 Å². The third kappa shape index (κ3) is 4.72. The van der Waals surface area contributed by atoms with Gasteiger partial charge in [0.25, 0.3) is 5.91 Å². The molecule has 0 saturated heterocycles. The number of hydrogen-bond acceptors (Lipinski definition) is 3. The second kappa shape index (κ2) is 8.85. The number of nitrogens with one attached hydrogen (secondary N) is 1. The summed E-state index contributed by atoms with van der Waals surface area (Å²) < 4.78 is 5.16. The lowest BCUT2D eigenvalue weighted by atomic mass is 10.1.